The predicted octanol–water partition coefficient (Wildman–Crippen LogP) is 1.87. The number of aryl methyl sites for hydroxylation is 1. The summed E-state index contributed by atoms with van der Waals surface area (Å²) in [5.74, 6) is 0.176. The van der Waals surface area contributed by atoms with E-state index >= 15 is 0 Å². The van der Waals surface area contributed by atoms with Crippen molar-refractivity contribution in [3.05, 3.63) is 40.4 Å². The van der Waals surface area contributed by atoms with E-state index in [1.165, 1.54) is 10.9 Å². The number of aromatic nitrogens is 2. The summed E-state index contributed by atoms with van der Waals surface area (Å²) >= 11 is 0. The molecule has 1 atom stereocenters. The fourth-order valence-electron chi connectivity index (χ4n) is 2.01. The summed E-state index contributed by atoms with van der Waals surface area (Å²) in [7, 11) is 0. The molecule has 2 rings (SSSR count). The fourth-order valence-corrected chi connectivity index (χ4v) is 2.01. The molecular formula is C16H21N3O2. The van der Waals surface area contributed by atoms with Gasteiger partial charge in [0.15, 0.2) is 0 Å². The first-order chi connectivity index (χ1) is 9.88. The predicted molar refractivity (Wildman–Crippen MR) is 83.2 cm³/mol. The zero-order chi connectivity index (χ0) is 15.6. The Morgan fingerprint density at radius 2 is 2.05 bits per heavy atom. The molecule has 5 heteroatoms. The average Bonchev–Trinajstić information content (AvgIpc) is 2.42. The van der Waals surface area contributed by atoms with Gasteiger partial charge < -0.3 is 5.32 Å². The Bertz CT molecular complexity index is 719. The Morgan fingerprint density at radius 3 is 2.71 bits per heavy atom. The molecule has 0 aliphatic rings. The van der Waals surface area contributed by atoms with Gasteiger partial charge in [-0.15, -0.1) is 0 Å². The van der Waals surface area contributed by atoms with E-state index in [2.05, 4.69) is 10.3 Å². The summed E-state index contributed by atoms with van der Waals surface area (Å²) in [6.07, 6.45) is 1.43. The Hall–Kier alpha value is -2.17. The van der Waals surface area contributed by atoms with Crippen LogP contribution in [0.5, 0.6) is 0 Å². The number of benzene rings is 1. The second-order valence-corrected chi connectivity index (χ2v) is 5.80. The van der Waals surface area contributed by atoms with Crippen LogP contribution in [-0.2, 0) is 11.3 Å². The van der Waals surface area contributed by atoms with Crippen LogP contribution in [-0.4, -0.2) is 21.5 Å². The third-order valence-electron chi connectivity index (χ3n) is 3.68. The zero-order valence-electron chi connectivity index (χ0n) is 12.9. The van der Waals surface area contributed by atoms with E-state index in [4.69, 9.17) is 0 Å². The fraction of sp³-hybridized carbons (Fsp3) is 0.438. The topological polar surface area (TPSA) is 64.0 Å². The highest BCUT2D eigenvalue weighted by molar-refractivity contribution is 5.79. The van der Waals surface area contributed by atoms with E-state index < -0.39 is 0 Å². The second-order valence-electron chi connectivity index (χ2n) is 5.80. The number of carbonyl (C=O) groups is 1. The third kappa shape index (κ3) is 3.48. The second kappa shape index (κ2) is 6.08. The zero-order valence-corrected chi connectivity index (χ0v) is 12.9. The quantitative estimate of drug-likeness (QED) is 0.933. The molecule has 112 valence electrons. The van der Waals surface area contributed by atoms with Crippen LogP contribution in [0.2, 0.25) is 0 Å². The minimum Gasteiger partial charge on any atom is -0.352 e. The summed E-state index contributed by atoms with van der Waals surface area (Å²) in [5, 5.41) is 3.43. The number of nitrogens with zero attached hydrogens (tertiary/aromatic N) is 2. The van der Waals surface area contributed by atoms with Crippen molar-refractivity contribution in [2.75, 3.05) is 0 Å². The lowest BCUT2D eigenvalue weighted by Gasteiger charge is -2.17. The highest BCUT2D eigenvalue weighted by Gasteiger charge is 2.12. The van der Waals surface area contributed by atoms with Gasteiger partial charge in [-0.05, 0) is 31.9 Å². The van der Waals surface area contributed by atoms with Crippen molar-refractivity contribution in [2.24, 2.45) is 5.92 Å². The lowest BCUT2D eigenvalue weighted by atomic mass is 10.1. The Morgan fingerprint density at radius 1 is 1.33 bits per heavy atom. The van der Waals surface area contributed by atoms with E-state index in [0.717, 1.165) is 5.56 Å². The van der Waals surface area contributed by atoms with Crippen LogP contribution in [0, 0.1) is 12.8 Å². The van der Waals surface area contributed by atoms with Crippen LogP contribution in [0.4, 0.5) is 0 Å². The monoisotopic (exact) mass is 287 g/mol. The van der Waals surface area contributed by atoms with Crippen molar-refractivity contribution in [2.45, 2.75) is 40.3 Å². The van der Waals surface area contributed by atoms with E-state index in [1.54, 1.807) is 6.07 Å². The standard InChI is InChI=1S/C16H21N3O2/c1-10(2)12(4)18-15(20)8-19-9-17-14-6-5-11(3)7-13(14)16(19)21/h5-7,9-10,12H,8H2,1-4H3,(H,18,20)/t12-/m1/s1. The summed E-state index contributed by atoms with van der Waals surface area (Å²) in [5.41, 5.74) is 1.46. The molecule has 1 aromatic carbocycles. The van der Waals surface area contributed by atoms with Gasteiger partial charge in [0.2, 0.25) is 5.91 Å². The summed E-state index contributed by atoms with van der Waals surface area (Å²) in [6.45, 7) is 7.95. The Kier molecular flexibility index (Phi) is 4.40. The van der Waals surface area contributed by atoms with Crippen LogP contribution in [0.1, 0.15) is 26.3 Å². The molecule has 1 aromatic heterocycles. The normalized spacial score (nSPS) is 12.6. The first kappa shape index (κ1) is 15.2. The molecule has 0 unspecified atom stereocenters. The molecule has 0 fully saturated rings. The van der Waals surface area contributed by atoms with Gasteiger partial charge in [0.25, 0.3) is 5.56 Å². The largest absolute Gasteiger partial charge is 0.352 e. The molecule has 21 heavy (non-hydrogen) atoms. The van der Waals surface area contributed by atoms with Crippen molar-refractivity contribution in [3.63, 3.8) is 0 Å². The van der Waals surface area contributed by atoms with Crippen molar-refractivity contribution in [1.29, 1.82) is 0 Å². The lowest BCUT2D eigenvalue weighted by Crippen LogP contribution is -2.39. The first-order valence-electron chi connectivity index (χ1n) is 7.13. The number of carbonyl (C=O) groups excluding carboxylic acids is 1. The molecule has 0 bridgehead atoms. The molecule has 1 amide bonds. The van der Waals surface area contributed by atoms with Gasteiger partial charge in [-0.1, -0.05) is 25.5 Å². The van der Waals surface area contributed by atoms with Crippen LogP contribution in [0.3, 0.4) is 0 Å². The maximum absolute atomic E-state index is 12.4. The summed E-state index contributed by atoms with van der Waals surface area (Å²) < 4.78 is 1.35. The van der Waals surface area contributed by atoms with Crippen LogP contribution < -0.4 is 10.9 Å². The van der Waals surface area contributed by atoms with Crippen LogP contribution >= 0.6 is 0 Å². The molecule has 1 N–H and O–H groups in total. The number of hydrogen-bond donors (Lipinski definition) is 1. The average molecular weight is 287 g/mol. The highest BCUT2D eigenvalue weighted by Crippen LogP contribution is 2.08. The maximum Gasteiger partial charge on any atom is 0.261 e. The molecule has 0 saturated heterocycles. The van der Waals surface area contributed by atoms with Crippen LogP contribution in [0.15, 0.2) is 29.3 Å². The van der Waals surface area contributed by atoms with Gasteiger partial charge in [0.1, 0.15) is 6.54 Å². The highest BCUT2D eigenvalue weighted by atomic mass is 16.2. The minimum absolute atomic E-state index is 0.00717. The summed E-state index contributed by atoms with van der Waals surface area (Å²) in [4.78, 5) is 28.6. The molecule has 0 radical (unpaired) electrons. The van der Waals surface area contributed by atoms with E-state index in [1.807, 2.05) is 39.8 Å². The number of amides is 1. The number of fused-ring (bicyclic) bond motifs is 1. The number of hydrogen-bond acceptors (Lipinski definition) is 3. The van der Waals surface area contributed by atoms with Crippen molar-refractivity contribution in [3.8, 4) is 0 Å². The van der Waals surface area contributed by atoms with Gasteiger partial charge >= 0.3 is 0 Å². The Labute approximate surface area is 124 Å². The van der Waals surface area contributed by atoms with Crippen molar-refractivity contribution >= 4 is 16.8 Å². The maximum atomic E-state index is 12.4. The molecule has 0 saturated carbocycles. The molecule has 0 spiro atoms. The third-order valence-corrected chi connectivity index (χ3v) is 3.68. The molecule has 0 aliphatic heterocycles. The molecule has 2 aromatic rings. The molecule has 0 aliphatic carbocycles. The minimum atomic E-state index is -0.184. The van der Waals surface area contributed by atoms with Gasteiger partial charge in [-0.2, -0.15) is 0 Å². The molecular weight excluding hydrogens is 266 g/mol. The van der Waals surface area contributed by atoms with Gasteiger partial charge in [0.05, 0.1) is 17.2 Å². The van der Waals surface area contributed by atoms with Crippen LogP contribution in [0.25, 0.3) is 10.9 Å². The van der Waals surface area contributed by atoms with Crippen molar-refractivity contribution < 1.29 is 4.79 Å². The molecule has 5 nitrogen and oxygen atoms in total. The summed E-state index contributed by atoms with van der Waals surface area (Å²) in [6, 6.07) is 5.60. The van der Waals surface area contributed by atoms with Gasteiger partial charge in [-0.25, -0.2) is 4.98 Å². The van der Waals surface area contributed by atoms with E-state index in [-0.39, 0.29) is 24.1 Å². The van der Waals surface area contributed by atoms with Gasteiger partial charge in [-0.3, -0.25) is 14.2 Å². The number of rotatable bonds is 4. The first-order valence-corrected chi connectivity index (χ1v) is 7.13. The van der Waals surface area contributed by atoms with E-state index in [9.17, 15) is 9.59 Å². The van der Waals surface area contributed by atoms with Gasteiger partial charge in [0, 0.05) is 6.04 Å². The van der Waals surface area contributed by atoms with Crippen molar-refractivity contribution in [1.82, 2.24) is 14.9 Å². The SMILES string of the molecule is Cc1ccc2ncn(CC(=O)N[C@H](C)C(C)C)c(=O)c2c1. The molecule has 1 heterocycles. The Balaban J connectivity index is 2.25. The lowest BCUT2D eigenvalue weighted by molar-refractivity contribution is -0.122. The number of nitrogens with one attached hydrogen (secondary N) is 1. The smallest absolute Gasteiger partial charge is 0.261 e. The van der Waals surface area contributed by atoms with E-state index in [0.29, 0.717) is 16.8 Å².